The lowest BCUT2D eigenvalue weighted by atomic mass is 9.99. The fraction of sp³-hybridized carbons (Fsp3) is 0.600. The number of nitrogens with zero attached hydrogens (tertiary/aromatic N) is 3. The van der Waals surface area contributed by atoms with Crippen molar-refractivity contribution in [3.8, 4) is 5.75 Å². The second-order valence-electron chi connectivity index (χ2n) is 11.8. The first-order valence-corrected chi connectivity index (χ1v) is 14.5. The van der Waals surface area contributed by atoms with E-state index in [4.69, 9.17) is 14.2 Å². The van der Waals surface area contributed by atoms with Gasteiger partial charge in [-0.2, -0.15) is 0 Å². The van der Waals surface area contributed by atoms with Gasteiger partial charge in [0.1, 0.15) is 11.5 Å². The van der Waals surface area contributed by atoms with Gasteiger partial charge in [0.2, 0.25) is 11.7 Å². The number of allylic oxidation sites excluding steroid dienone is 1. The number of carbonyl (C=O) groups excluding carboxylic acids is 4. The summed E-state index contributed by atoms with van der Waals surface area (Å²) in [5, 5.41) is 12.9. The highest BCUT2D eigenvalue weighted by Crippen LogP contribution is 2.39. The van der Waals surface area contributed by atoms with Gasteiger partial charge in [-0.25, -0.2) is 4.79 Å². The highest BCUT2D eigenvalue weighted by molar-refractivity contribution is 6.04. The molecule has 1 saturated heterocycles. The molecule has 42 heavy (non-hydrogen) atoms. The minimum atomic E-state index is -1.51. The van der Waals surface area contributed by atoms with Gasteiger partial charge >= 0.3 is 11.9 Å². The number of aliphatic hydroxyl groups is 1. The van der Waals surface area contributed by atoms with E-state index >= 15 is 0 Å². The molecule has 0 saturated carbocycles. The zero-order valence-electron chi connectivity index (χ0n) is 25.5. The van der Waals surface area contributed by atoms with Crippen molar-refractivity contribution in [2.75, 3.05) is 31.1 Å². The molecule has 1 fully saturated rings. The SMILES string of the molecule is CCC(=O)NCCN1C(=O)C(C)(C)Oc2ccc(C(=O)N(C(C)C)[C@@H]3CCCN(C(=O)OC4(C)OC(C)=C4O)C3)cc21. The molecule has 230 valence electrons. The molecule has 0 radical (unpaired) electrons. The lowest BCUT2D eigenvalue weighted by Crippen LogP contribution is -2.56. The minimum absolute atomic E-state index is 0.116. The van der Waals surface area contributed by atoms with Gasteiger partial charge in [0.15, 0.2) is 5.60 Å². The molecule has 0 aliphatic carbocycles. The number of aliphatic hydroxyl groups excluding tert-OH is 1. The van der Waals surface area contributed by atoms with Gasteiger partial charge in [0.25, 0.3) is 11.8 Å². The third kappa shape index (κ3) is 5.98. The van der Waals surface area contributed by atoms with Crippen LogP contribution in [0.1, 0.15) is 78.1 Å². The first-order chi connectivity index (χ1) is 19.7. The van der Waals surface area contributed by atoms with Crippen LogP contribution < -0.4 is 15.0 Å². The summed E-state index contributed by atoms with van der Waals surface area (Å²) in [6.07, 6.45) is 1.06. The number of nitrogens with one attached hydrogen (secondary N) is 1. The van der Waals surface area contributed by atoms with E-state index in [9.17, 15) is 24.3 Å². The monoisotopic (exact) mass is 586 g/mol. The van der Waals surface area contributed by atoms with Gasteiger partial charge in [-0.15, -0.1) is 0 Å². The second-order valence-corrected chi connectivity index (χ2v) is 11.8. The number of carbonyl (C=O) groups is 4. The van der Waals surface area contributed by atoms with Crippen LogP contribution in [0.15, 0.2) is 29.7 Å². The molecule has 0 aromatic heterocycles. The summed E-state index contributed by atoms with van der Waals surface area (Å²) in [5.74, 6) is -1.48. The van der Waals surface area contributed by atoms with Gasteiger partial charge in [-0.1, -0.05) is 6.92 Å². The number of fused-ring (bicyclic) bond motifs is 1. The molecular weight excluding hydrogens is 544 g/mol. The summed E-state index contributed by atoms with van der Waals surface area (Å²) < 4.78 is 16.8. The van der Waals surface area contributed by atoms with Crippen molar-refractivity contribution < 1.29 is 38.5 Å². The molecule has 3 heterocycles. The molecule has 1 unspecified atom stereocenters. The maximum atomic E-state index is 14.0. The number of hydrogen-bond donors (Lipinski definition) is 2. The fourth-order valence-electron chi connectivity index (χ4n) is 5.64. The summed E-state index contributed by atoms with van der Waals surface area (Å²) in [6.45, 7) is 13.2. The average Bonchev–Trinajstić information content (AvgIpc) is 2.94. The molecule has 4 rings (SSSR count). The summed E-state index contributed by atoms with van der Waals surface area (Å²) >= 11 is 0. The highest BCUT2D eigenvalue weighted by Gasteiger charge is 2.48. The van der Waals surface area contributed by atoms with Crippen molar-refractivity contribution in [1.82, 2.24) is 15.1 Å². The van der Waals surface area contributed by atoms with Crippen molar-refractivity contribution in [2.45, 2.75) is 91.2 Å². The Kier molecular flexibility index (Phi) is 8.65. The smallest absolute Gasteiger partial charge is 0.413 e. The molecule has 12 nitrogen and oxygen atoms in total. The topological polar surface area (TPSA) is 138 Å². The van der Waals surface area contributed by atoms with Crippen LogP contribution in [0.2, 0.25) is 0 Å². The number of hydrogen-bond acceptors (Lipinski definition) is 8. The van der Waals surface area contributed by atoms with Gasteiger partial charge in [0.05, 0.1) is 11.7 Å². The molecule has 2 N–H and O–H groups in total. The van der Waals surface area contributed by atoms with E-state index in [1.807, 2.05) is 13.8 Å². The number of ether oxygens (including phenoxy) is 3. The Morgan fingerprint density at radius 2 is 1.93 bits per heavy atom. The van der Waals surface area contributed by atoms with E-state index in [2.05, 4.69) is 5.32 Å². The number of rotatable bonds is 8. The normalized spacial score (nSPS) is 23.0. The first-order valence-electron chi connectivity index (χ1n) is 14.5. The van der Waals surface area contributed by atoms with E-state index in [1.54, 1.807) is 55.7 Å². The maximum absolute atomic E-state index is 14.0. The standard InChI is InChI=1S/C30H42N4O8/c1-8-24(35)31-13-15-33-22-16-20(11-12-23(22)41-29(5,6)27(33)38)26(37)34(18(2)3)21-10-9-14-32(17-21)28(39)42-30(7)25(36)19(4)40-30/h11-12,16,18,21,36H,8-10,13-15,17H2,1-7H3,(H,31,35)/t21-,30?/m1/s1. The third-order valence-electron chi connectivity index (χ3n) is 7.83. The maximum Gasteiger partial charge on any atom is 0.413 e. The summed E-state index contributed by atoms with van der Waals surface area (Å²) in [6, 6.07) is 4.56. The van der Waals surface area contributed by atoms with Gasteiger partial charge in [-0.3, -0.25) is 14.4 Å². The fourth-order valence-corrected chi connectivity index (χ4v) is 5.64. The number of piperidine rings is 1. The summed E-state index contributed by atoms with van der Waals surface area (Å²) in [4.78, 5) is 56.9. The summed E-state index contributed by atoms with van der Waals surface area (Å²) in [5.41, 5.74) is -0.267. The molecular formula is C30H42N4O8. The Morgan fingerprint density at radius 3 is 2.55 bits per heavy atom. The predicted molar refractivity (Wildman–Crippen MR) is 154 cm³/mol. The Balaban J connectivity index is 1.54. The molecule has 4 amide bonds. The van der Waals surface area contributed by atoms with Crippen LogP contribution in [-0.4, -0.2) is 88.4 Å². The average molecular weight is 587 g/mol. The number of amides is 4. The number of likely N-dealkylation sites (tertiary alicyclic amines) is 1. The van der Waals surface area contributed by atoms with Crippen LogP contribution in [-0.2, 0) is 19.1 Å². The molecule has 3 aliphatic heterocycles. The molecule has 1 aromatic rings. The highest BCUT2D eigenvalue weighted by atomic mass is 16.8. The van der Waals surface area contributed by atoms with Gasteiger partial charge in [-0.05, 0) is 65.7 Å². The van der Waals surface area contributed by atoms with Crippen molar-refractivity contribution in [3.05, 3.63) is 35.3 Å². The first kappa shape index (κ1) is 31.0. The van der Waals surface area contributed by atoms with Crippen molar-refractivity contribution >= 4 is 29.5 Å². The van der Waals surface area contributed by atoms with Crippen molar-refractivity contribution in [3.63, 3.8) is 0 Å². The Labute approximate surface area is 246 Å². The van der Waals surface area contributed by atoms with Crippen LogP contribution in [0.25, 0.3) is 0 Å². The predicted octanol–water partition coefficient (Wildman–Crippen LogP) is 3.70. The lowest BCUT2D eigenvalue weighted by Gasteiger charge is -2.43. The number of benzene rings is 1. The van der Waals surface area contributed by atoms with Crippen molar-refractivity contribution in [1.29, 1.82) is 0 Å². The van der Waals surface area contributed by atoms with Crippen LogP contribution in [0.3, 0.4) is 0 Å². The Morgan fingerprint density at radius 1 is 1.21 bits per heavy atom. The molecule has 0 spiro atoms. The van der Waals surface area contributed by atoms with Crippen LogP contribution in [0.5, 0.6) is 5.75 Å². The third-order valence-corrected chi connectivity index (χ3v) is 7.83. The number of anilines is 1. The zero-order chi connectivity index (χ0) is 31.0. The van der Waals surface area contributed by atoms with E-state index in [0.717, 1.165) is 0 Å². The molecule has 1 aromatic carbocycles. The zero-order valence-corrected chi connectivity index (χ0v) is 25.5. The Bertz CT molecular complexity index is 1290. The van der Waals surface area contributed by atoms with Crippen LogP contribution in [0.4, 0.5) is 10.5 Å². The van der Waals surface area contributed by atoms with E-state index in [0.29, 0.717) is 48.6 Å². The van der Waals surface area contributed by atoms with E-state index < -0.39 is 17.5 Å². The lowest BCUT2D eigenvalue weighted by molar-refractivity contribution is -0.206. The van der Waals surface area contributed by atoms with E-state index in [1.165, 1.54) is 11.8 Å². The Hall–Kier alpha value is -3.96. The molecule has 0 bridgehead atoms. The van der Waals surface area contributed by atoms with E-state index in [-0.39, 0.29) is 55.2 Å². The van der Waals surface area contributed by atoms with Gasteiger partial charge in [0, 0.05) is 51.1 Å². The van der Waals surface area contributed by atoms with Crippen LogP contribution >= 0.6 is 0 Å². The minimum Gasteiger partial charge on any atom is -0.503 e. The van der Waals surface area contributed by atoms with Gasteiger partial charge < -0.3 is 39.3 Å². The molecule has 2 atom stereocenters. The second kappa shape index (κ2) is 11.7. The molecule has 12 heteroatoms. The van der Waals surface area contributed by atoms with Crippen molar-refractivity contribution in [2.24, 2.45) is 0 Å². The largest absolute Gasteiger partial charge is 0.503 e. The molecule has 3 aliphatic rings. The summed E-state index contributed by atoms with van der Waals surface area (Å²) in [7, 11) is 0. The quantitative estimate of drug-likeness (QED) is 0.470. The van der Waals surface area contributed by atoms with Crippen LogP contribution in [0, 0.1) is 0 Å².